The fourth-order valence-electron chi connectivity index (χ4n) is 2.46. The lowest BCUT2D eigenvalue weighted by atomic mass is 10.0. The van der Waals surface area contributed by atoms with Crippen molar-refractivity contribution in [2.24, 2.45) is 5.73 Å². The molecule has 0 fully saturated rings. The molecule has 146 valence electrons. The predicted octanol–water partition coefficient (Wildman–Crippen LogP) is 1.67. The molecule has 4 amide bonds. The van der Waals surface area contributed by atoms with Gasteiger partial charge in [0.05, 0.1) is 12.5 Å². The molecule has 2 aromatic carbocycles. The molecule has 0 aromatic heterocycles. The standard InChI is InChI=1S/C20H21N3O5/c1-13(18(25)23-20(21)27)28-17(24)12-16(14-8-4-2-5-9-14)22-19(26)15-10-6-3-7-11-15/h2-11,13,16H,12H2,1H3,(H,22,26)(H3,21,23,25,27)/t13-,16-/m1/s1. The molecule has 0 saturated heterocycles. The van der Waals surface area contributed by atoms with E-state index in [1.807, 2.05) is 11.4 Å². The Labute approximate surface area is 162 Å². The summed E-state index contributed by atoms with van der Waals surface area (Å²) in [5, 5.41) is 4.64. The number of esters is 1. The van der Waals surface area contributed by atoms with Gasteiger partial charge in [0.25, 0.3) is 11.8 Å². The molecule has 0 aliphatic rings. The fourth-order valence-corrected chi connectivity index (χ4v) is 2.46. The van der Waals surface area contributed by atoms with E-state index < -0.39 is 30.1 Å². The predicted molar refractivity (Wildman–Crippen MR) is 101 cm³/mol. The molecule has 0 radical (unpaired) electrons. The highest BCUT2D eigenvalue weighted by Gasteiger charge is 2.24. The van der Waals surface area contributed by atoms with Crippen LogP contribution in [0.1, 0.15) is 35.3 Å². The summed E-state index contributed by atoms with van der Waals surface area (Å²) in [6.45, 7) is 1.32. The van der Waals surface area contributed by atoms with Crippen LogP contribution < -0.4 is 16.4 Å². The molecular weight excluding hydrogens is 362 g/mol. The molecule has 28 heavy (non-hydrogen) atoms. The number of nitrogens with one attached hydrogen (secondary N) is 2. The zero-order valence-corrected chi connectivity index (χ0v) is 15.3. The Balaban J connectivity index is 2.08. The number of ether oxygens (including phenoxy) is 1. The fraction of sp³-hybridized carbons (Fsp3) is 0.200. The Kier molecular flexibility index (Phi) is 7.27. The largest absolute Gasteiger partial charge is 0.452 e. The van der Waals surface area contributed by atoms with Crippen molar-refractivity contribution < 1.29 is 23.9 Å². The van der Waals surface area contributed by atoms with E-state index in [0.717, 1.165) is 0 Å². The van der Waals surface area contributed by atoms with Crippen LogP contribution in [0.5, 0.6) is 0 Å². The third kappa shape index (κ3) is 6.24. The Bertz CT molecular complexity index is 839. The number of nitrogens with two attached hydrogens (primary N) is 1. The van der Waals surface area contributed by atoms with Gasteiger partial charge in [-0.15, -0.1) is 0 Å². The van der Waals surface area contributed by atoms with Gasteiger partial charge in [-0.05, 0) is 24.6 Å². The minimum atomic E-state index is -1.21. The number of rotatable bonds is 7. The lowest BCUT2D eigenvalue weighted by molar-refractivity contribution is -0.154. The summed E-state index contributed by atoms with van der Waals surface area (Å²) in [5.41, 5.74) is 6.03. The van der Waals surface area contributed by atoms with Crippen molar-refractivity contribution >= 4 is 23.8 Å². The van der Waals surface area contributed by atoms with Gasteiger partial charge in [-0.2, -0.15) is 0 Å². The first-order valence-corrected chi connectivity index (χ1v) is 8.57. The summed E-state index contributed by atoms with van der Waals surface area (Å²) in [5.74, 6) is -1.89. The van der Waals surface area contributed by atoms with Gasteiger partial charge in [0.15, 0.2) is 6.10 Å². The van der Waals surface area contributed by atoms with Gasteiger partial charge in [0.1, 0.15) is 0 Å². The van der Waals surface area contributed by atoms with Crippen LogP contribution >= 0.6 is 0 Å². The molecule has 0 aliphatic carbocycles. The quantitative estimate of drug-likeness (QED) is 0.627. The second-order valence-electron chi connectivity index (χ2n) is 5.99. The summed E-state index contributed by atoms with van der Waals surface area (Å²) < 4.78 is 5.04. The van der Waals surface area contributed by atoms with Gasteiger partial charge in [-0.3, -0.25) is 19.7 Å². The summed E-state index contributed by atoms with van der Waals surface area (Å²) in [4.78, 5) is 47.1. The first-order valence-electron chi connectivity index (χ1n) is 8.57. The Hall–Kier alpha value is -3.68. The van der Waals surface area contributed by atoms with E-state index in [2.05, 4.69) is 5.32 Å². The molecular formula is C20H21N3O5. The van der Waals surface area contributed by atoms with Gasteiger partial charge in [-0.1, -0.05) is 48.5 Å². The number of benzene rings is 2. The van der Waals surface area contributed by atoms with Crippen molar-refractivity contribution in [2.75, 3.05) is 0 Å². The first kappa shape index (κ1) is 20.6. The molecule has 0 bridgehead atoms. The minimum absolute atomic E-state index is 0.198. The molecule has 2 atom stereocenters. The van der Waals surface area contributed by atoms with Gasteiger partial charge < -0.3 is 15.8 Å². The molecule has 0 aliphatic heterocycles. The maximum atomic E-state index is 12.5. The second kappa shape index (κ2) is 9.86. The summed E-state index contributed by atoms with van der Waals surface area (Å²) in [6, 6.07) is 15.8. The molecule has 0 spiro atoms. The topological polar surface area (TPSA) is 128 Å². The maximum Gasteiger partial charge on any atom is 0.318 e. The highest BCUT2D eigenvalue weighted by molar-refractivity contribution is 5.96. The molecule has 2 aromatic rings. The molecule has 0 saturated carbocycles. The van der Waals surface area contributed by atoms with E-state index >= 15 is 0 Å². The average molecular weight is 383 g/mol. The first-order chi connectivity index (χ1) is 13.4. The molecule has 8 heteroatoms. The molecule has 8 nitrogen and oxygen atoms in total. The van der Waals surface area contributed by atoms with Crippen LogP contribution in [0.2, 0.25) is 0 Å². The van der Waals surface area contributed by atoms with Crippen molar-refractivity contribution in [3.05, 3.63) is 71.8 Å². The number of carbonyl (C=O) groups is 4. The number of urea groups is 1. The van der Waals surface area contributed by atoms with E-state index in [1.54, 1.807) is 54.6 Å². The number of carbonyl (C=O) groups excluding carboxylic acids is 4. The Morgan fingerprint density at radius 1 is 0.964 bits per heavy atom. The average Bonchev–Trinajstić information content (AvgIpc) is 2.68. The smallest absolute Gasteiger partial charge is 0.318 e. The third-order valence-corrected chi connectivity index (χ3v) is 3.84. The highest BCUT2D eigenvalue weighted by atomic mass is 16.5. The van der Waals surface area contributed by atoms with Crippen LogP contribution in [0, 0.1) is 0 Å². The highest BCUT2D eigenvalue weighted by Crippen LogP contribution is 2.18. The summed E-state index contributed by atoms with van der Waals surface area (Å²) in [7, 11) is 0. The summed E-state index contributed by atoms with van der Waals surface area (Å²) in [6.07, 6.45) is -1.40. The lowest BCUT2D eigenvalue weighted by Crippen LogP contribution is -2.42. The van der Waals surface area contributed by atoms with Crippen molar-refractivity contribution in [3.63, 3.8) is 0 Å². The van der Waals surface area contributed by atoms with Gasteiger partial charge in [0, 0.05) is 5.56 Å². The number of hydrogen-bond acceptors (Lipinski definition) is 5. The minimum Gasteiger partial charge on any atom is -0.452 e. The van der Waals surface area contributed by atoms with Gasteiger partial charge in [-0.25, -0.2) is 4.79 Å². The van der Waals surface area contributed by atoms with Crippen LogP contribution in [0.25, 0.3) is 0 Å². The lowest BCUT2D eigenvalue weighted by Gasteiger charge is -2.20. The number of hydrogen-bond donors (Lipinski definition) is 3. The van der Waals surface area contributed by atoms with E-state index in [-0.39, 0.29) is 12.3 Å². The Morgan fingerprint density at radius 3 is 2.11 bits per heavy atom. The SMILES string of the molecule is C[C@@H](OC(=O)C[C@@H](NC(=O)c1ccccc1)c1ccccc1)C(=O)NC(N)=O. The van der Waals surface area contributed by atoms with E-state index in [1.165, 1.54) is 6.92 Å². The molecule has 0 unspecified atom stereocenters. The van der Waals surface area contributed by atoms with E-state index in [9.17, 15) is 19.2 Å². The number of primary amides is 1. The van der Waals surface area contributed by atoms with Crippen LogP contribution in [0.3, 0.4) is 0 Å². The summed E-state index contributed by atoms with van der Waals surface area (Å²) >= 11 is 0. The molecule has 4 N–H and O–H groups in total. The van der Waals surface area contributed by atoms with Crippen LogP contribution in [0.4, 0.5) is 4.79 Å². The van der Waals surface area contributed by atoms with Gasteiger partial charge >= 0.3 is 12.0 Å². The van der Waals surface area contributed by atoms with Crippen LogP contribution in [-0.4, -0.2) is 29.9 Å². The Morgan fingerprint density at radius 2 is 1.54 bits per heavy atom. The number of imide groups is 1. The zero-order valence-electron chi connectivity index (χ0n) is 15.3. The monoisotopic (exact) mass is 383 g/mol. The van der Waals surface area contributed by atoms with Crippen molar-refractivity contribution in [1.29, 1.82) is 0 Å². The van der Waals surface area contributed by atoms with Gasteiger partial charge in [0.2, 0.25) is 0 Å². The zero-order chi connectivity index (χ0) is 20.5. The third-order valence-electron chi connectivity index (χ3n) is 3.84. The van der Waals surface area contributed by atoms with E-state index in [4.69, 9.17) is 10.5 Å². The van der Waals surface area contributed by atoms with Crippen molar-refractivity contribution in [3.8, 4) is 0 Å². The van der Waals surface area contributed by atoms with Crippen LogP contribution in [-0.2, 0) is 14.3 Å². The molecule has 2 rings (SSSR count). The van der Waals surface area contributed by atoms with Crippen LogP contribution in [0.15, 0.2) is 60.7 Å². The van der Waals surface area contributed by atoms with Crippen molar-refractivity contribution in [2.45, 2.75) is 25.5 Å². The maximum absolute atomic E-state index is 12.5. The van der Waals surface area contributed by atoms with Crippen molar-refractivity contribution in [1.82, 2.24) is 10.6 Å². The normalized spacial score (nSPS) is 12.3. The molecule has 0 heterocycles. The number of amides is 4. The second-order valence-corrected chi connectivity index (χ2v) is 5.99. The van der Waals surface area contributed by atoms with E-state index in [0.29, 0.717) is 11.1 Å².